The molecule has 0 radical (unpaired) electrons. The molecule has 28 heavy (non-hydrogen) atoms. The number of nitrogens with zero attached hydrogens (tertiary/aromatic N) is 1. The van der Waals surface area contributed by atoms with Crippen molar-refractivity contribution in [1.29, 1.82) is 0 Å². The van der Waals surface area contributed by atoms with Gasteiger partial charge in [0.25, 0.3) is 5.91 Å². The Balaban J connectivity index is 1.42. The number of ether oxygens (including phenoxy) is 2. The Morgan fingerprint density at radius 1 is 1.04 bits per heavy atom. The normalized spacial score (nSPS) is 12.3. The van der Waals surface area contributed by atoms with E-state index in [4.69, 9.17) is 9.47 Å². The molecule has 0 spiro atoms. The Hall–Kier alpha value is -3.54. The molecule has 1 aliphatic heterocycles. The van der Waals surface area contributed by atoms with Gasteiger partial charge in [0.2, 0.25) is 0 Å². The van der Waals surface area contributed by atoms with Crippen LogP contribution < -0.4 is 20.1 Å². The molecule has 6 nitrogen and oxygen atoms in total. The van der Waals surface area contributed by atoms with Crippen LogP contribution in [-0.4, -0.2) is 24.1 Å². The number of aryl methyl sites for hydroxylation is 1. The third-order valence-corrected chi connectivity index (χ3v) is 4.38. The van der Waals surface area contributed by atoms with Crippen LogP contribution in [-0.2, 0) is 6.54 Å². The van der Waals surface area contributed by atoms with Gasteiger partial charge in [0.15, 0.2) is 11.5 Å². The molecule has 0 atom stereocenters. The maximum atomic E-state index is 12.6. The van der Waals surface area contributed by atoms with E-state index in [2.05, 4.69) is 40.7 Å². The van der Waals surface area contributed by atoms with E-state index in [-0.39, 0.29) is 5.91 Å². The third-order valence-electron chi connectivity index (χ3n) is 4.38. The SMILES string of the molecule is Cc1cccc(CNc2cc(C(=O)Nc3ccc4c(c3)OCCO4)ccn2)c1. The first-order valence-corrected chi connectivity index (χ1v) is 9.14. The van der Waals surface area contributed by atoms with E-state index >= 15 is 0 Å². The zero-order valence-electron chi connectivity index (χ0n) is 15.6. The number of benzene rings is 2. The summed E-state index contributed by atoms with van der Waals surface area (Å²) in [5.41, 5.74) is 3.55. The topological polar surface area (TPSA) is 72.5 Å². The minimum absolute atomic E-state index is 0.210. The summed E-state index contributed by atoms with van der Waals surface area (Å²) in [6, 6.07) is 17.0. The Labute approximate surface area is 163 Å². The molecule has 1 aliphatic rings. The predicted molar refractivity (Wildman–Crippen MR) is 108 cm³/mol. The van der Waals surface area contributed by atoms with Crippen molar-refractivity contribution in [2.24, 2.45) is 0 Å². The minimum atomic E-state index is -0.210. The van der Waals surface area contributed by atoms with Crippen molar-refractivity contribution in [1.82, 2.24) is 4.98 Å². The summed E-state index contributed by atoms with van der Waals surface area (Å²) in [4.78, 5) is 16.9. The summed E-state index contributed by atoms with van der Waals surface area (Å²) >= 11 is 0. The van der Waals surface area contributed by atoms with Gasteiger partial charge in [-0.1, -0.05) is 29.8 Å². The Kier molecular flexibility index (Phi) is 5.10. The van der Waals surface area contributed by atoms with Crippen LogP contribution in [0.2, 0.25) is 0 Å². The lowest BCUT2D eigenvalue weighted by Crippen LogP contribution is -2.16. The second-order valence-corrected chi connectivity index (χ2v) is 6.58. The van der Waals surface area contributed by atoms with E-state index in [0.29, 0.717) is 48.3 Å². The molecule has 0 saturated heterocycles. The van der Waals surface area contributed by atoms with Crippen LogP contribution >= 0.6 is 0 Å². The first kappa shape index (κ1) is 17.9. The second kappa shape index (κ2) is 8.00. The molecule has 142 valence electrons. The van der Waals surface area contributed by atoms with E-state index in [1.54, 1.807) is 36.5 Å². The third kappa shape index (κ3) is 4.23. The van der Waals surface area contributed by atoms with Crippen molar-refractivity contribution in [3.8, 4) is 11.5 Å². The molecule has 2 aromatic carbocycles. The zero-order valence-corrected chi connectivity index (χ0v) is 15.6. The lowest BCUT2D eigenvalue weighted by atomic mass is 10.1. The number of carbonyl (C=O) groups excluding carboxylic acids is 1. The van der Waals surface area contributed by atoms with Crippen LogP contribution in [0.25, 0.3) is 0 Å². The number of nitrogens with one attached hydrogen (secondary N) is 2. The molecule has 0 aliphatic carbocycles. The van der Waals surface area contributed by atoms with Crippen LogP contribution in [0.15, 0.2) is 60.8 Å². The molecule has 2 heterocycles. The fraction of sp³-hybridized carbons (Fsp3) is 0.182. The van der Waals surface area contributed by atoms with Gasteiger partial charge in [0.05, 0.1) is 0 Å². The van der Waals surface area contributed by atoms with Crippen molar-refractivity contribution in [3.63, 3.8) is 0 Å². The van der Waals surface area contributed by atoms with Crippen molar-refractivity contribution in [2.75, 3.05) is 23.8 Å². The number of fused-ring (bicyclic) bond motifs is 1. The van der Waals surface area contributed by atoms with Gasteiger partial charge in [-0.2, -0.15) is 0 Å². The van der Waals surface area contributed by atoms with Crippen LogP contribution in [0, 0.1) is 6.92 Å². The van der Waals surface area contributed by atoms with Crippen LogP contribution in [0.1, 0.15) is 21.5 Å². The lowest BCUT2D eigenvalue weighted by Gasteiger charge is -2.19. The van der Waals surface area contributed by atoms with Gasteiger partial charge < -0.3 is 20.1 Å². The molecule has 0 unspecified atom stereocenters. The number of pyridine rings is 1. The van der Waals surface area contributed by atoms with Crippen molar-refractivity contribution in [2.45, 2.75) is 13.5 Å². The van der Waals surface area contributed by atoms with E-state index in [1.165, 1.54) is 5.56 Å². The van der Waals surface area contributed by atoms with Gasteiger partial charge in [0.1, 0.15) is 19.0 Å². The maximum Gasteiger partial charge on any atom is 0.255 e. The van der Waals surface area contributed by atoms with Gasteiger partial charge in [-0.15, -0.1) is 0 Å². The predicted octanol–water partition coefficient (Wildman–Crippen LogP) is 4.03. The van der Waals surface area contributed by atoms with E-state index < -0.39 is 0 Å². The van der Waals surface area contributed by atoms with E-state index in [0.717, 1.165) is 5.56 Å². The lowest BCUT2D eigenvalue weighted by molar-refractivity contribution is 0.102. The summed E-state index contributed by atoms with van der Waals surface area (Å²) in [5, 5.41) is 6.15. The fourth-order valence-electron chi connectivity index (χ4n) is 3.01. The summed E-state index contributed by atoms with van der Waals surface area (Å²) in [6.45, 7) is 3.74. The highest BCUT2D eigenvalue weighted by molar-refractivity contribution is 6.04. The molecule has 2 N–H and O–H groups in total. The number of hydrogen-bond acceptors (Lipinski definition) is 5. The van der Waals surface area contributed by atoms with E-state index in [9.17, 15) is 4.79 Å². The zero-order chi connectivity index (χ0) is 19.3. The van der Waals surface area contributed by atoms with Gasteiger partial charge in [-0.3, -0.25) is 4.79 Å². The fourth-order valence-corrected chi connectivity index (χ4v) is 3.01. The number of aromatic nitrogens is 1. The van der Waals surface area contributed by atoms with Gasteiger partial charge >= 0.3 is 0 Å². The molecule has 0 saturated carbocycles. The Morgan fingerprint density at radius 3 is 2.75 bits per heavy atom. The van der Waals surface area contributed by atoms with Crippen LogP contribution in [0.5, 0.6) is 11.5 Å². The molecule has 6 heteroatoms. The number of amides is 1. The number of hydrogen-bond donors (Lipinski definition) is 2. The highest BCUT2D eigenvalue weighted by atomic mass is 16.6. The smallest absolute Gasteiger partial charge is 0.255 e. The van der Waals surface area contributed by atoms with Crippen molar-refractivity contribution in [3.05, 3.63) is 77.5 Å². The molecule has 4 rings (SSSR count). The van der Waals surface area contributed by atoms with Gasteiger partial charge in [-0.05, 0) is 36.8 Å². The molecule has 1 aromatic heterocycles. The van der Waals surface area contributed by atoms with Crippen molar-refractivity contribution >= 4 is 17.4 Å². The Morgan fingerprint density at radius 2 is 1.89 bits per heavy atom. The first-order chi connectivity index (χ1) is 13.7. The summed E-state index contributed by atoms with van der Waals surface area (Å²) < 4.78 is 11.1. The number of carbonyl (C=O) groups is 1. The second-order valence-electron chi connectivity index (χ2n) is 6.58. The molecule has 3 aromatic rings. The number of rotatable bonds is 5. The standard InChI is InChI=1S/C22H21N3O3/c1-15-3-2-4-16(11-15)14-24-21-12-17(7-8-23-21)22(26)25-18-5-6-19-20(13-18)28-10-9-27-19/h2-8,11-13H,9-10,14H2,1H3,(H,23,24)(H,25,26). The summed E-state index contributed by atoms with van der Waals surface area (Å²) in [7, 11) is 0. The molecule has 1 amide bonds. The average molecular weight is 375 g/mol. The molecule has 0 fully saturated rings. The monoisotopic (exact) mass is 375 g/mol. The average Bonchev–Trinajstić information content (AvgIpc) is 2.72. The minimum Gasteiger partial charge on any atom is -0.486 e. The molecular formula is C22H21N3O3. The summed E-state index contributed by atoms with van der Waals surface area (Å²) in [6.07, 6.45) is 1.62. The van der Waals surface area contributed by atoms with Crippen LogP contribution in [0.3, 0.4) is 0 Å². The number of anilines is 2. The highest BCUT2D eigenvalue weighted by Crippen LogP contribution is 2.32. The first-order valence-electron chi connectivity index (χ1n) is 9.14. The summed E-state index contributed by atoms with van der Waals surface area (Å²) in [5.74, 6) is 1.77. The van der Waals surface area contributed by atoms with Gasteiger partial charge in [0, 0.05) is 30.1 Å². The van der Waals surface area contributed by atoms with Crippen LogP contribution in [0.4, 0.5) is 11.5 Å². The van der Waals surface area contributed by atoms with Crippen molar-refractivity contribution < 1.29 is 14.3 Å². The van der Waals surface area contributed by atoms with E-state index in [1.807, 2.05) is 6.07 Å². The highest BCUT2D eigenvalue weighted by Gasteiger charge is 2.14. The largest absolute Gasteiger partial charge is 0.486 e. The quantitative estimate of drug-likeness (QED) is 0.705. The molecule has 0 bridgehead atoms. The molecular weight excluding hydrogens is 354 g/mol. The maximum absolute atomic E-state index is 12.6. The van der Waals surface area contributed by atoms with Gasteiger partial charge in [-0.25, -0.2) is 4.98 Å². The Bertz CT molecular complexity index is 1000.